The van der Waals surface area contributed by atoms with Crippen LogP contribution in [0, 0.1) is 0 Å². The van der Waals surface area contributed by atoms with Gasteiger partial charge in [0.05, 0.1) is 28.2 Å². The van der Waals surface area contributed by atoms with Gasteiger partial charge in [-0.2, -0.15) is 0 Å². The first-order valence-electron chi connectivity index (χ1n) is 8.36. The van der Waals surface area contributed by atoms with E-state index in [1.165, 1.54) is 0 Å². The van der Waals surface area contributed by atoms with Gasteiger partial charge in [-0.15, -0.1) is 0 Å². The van der Waals surface area contributed by atoms with Crippen molar-refractivity contribution in [2.75, 3.05) is 6.54 Å². The molecular formula is C20H19BrClN3O. The van der Waals surface area contributed by atoms with Gasteiger partial charge in [-0.3, -0.25) is 4.79 Å². The summed E-state index contributed by atoms with van der Waals surface area (Å²) in [6, 6.07) is 15.1. The maximum Gasteiger partial charge on any atom is 0.252 e. The van der Waals surface area contributed by atoms with E-state index in [9.17, 15) is 4.79 Å². The standard InChI is InChI=1S/C20H19BrClN3O/c1-14(21)13-25-18-10-5-4-9-17(18)24-19(25)11-6-12-23-20(26)15-7-2-3-8-16(15)22/h2-5,7-10H,1,6,11-13H2,(H,23,26). The number of carbonyl (C=O) groups excluding carboxylic acids is 1. The minimum absolute atomic E-state index is 0.155. The van der Waals surface area contributed by atoms with Crippen molar-refractivity contribution in [2.45, 2.75) is 19.4 Å². The number of aromatic nitrogens is 2. The van der Waals surface area contributed by atoms with Gasteiger partial charge in [0.25, 0.3) is 5.91 Å². The van der Waals surface area contributed by atoms with Crippen molar-refractivity contribution in [2.24, 2.45) is 0 Å². The summed E-state index contributed by atoms with van der Waals surface area (Å²) in [5.74, 6) is 0.830. The van der Waals surface area contributed by atoms with Crippen molar-refractivity contribution in [3.05, 3.63) is 76.0 Å². The minimum Gasteiger partial charge on any atom is -0.352 e. The van der Waals surface area contributed by atoms with E-state index in [2.05, 4.69) is 38.5 Å². The summed E-state index contributed by atoms with van der Waals surface area (Å²) >= 11 is 9.49. The van der Waals surface area contributed by atoms with E-state index >= 15 is 0 Å². The molecule has 4 nitrogen and oxygen atoms in total. The van der Waals surface area contributed by atoms with Crippen LogP contribution in [0.4, 0.5) is 0 Å². The number of benzene rings is 2. The van der Waals surface area contributed by atoms with Crippen LogP contribution in [0.2, 0.25) is 5.02 Å². The highest BCUT2D eigenvalue weighted by atomic mass is 79.9. The predicted molar refractivity (Wildman–Crippen MR) is 110 cm³/mol. The second-order valence-electron chi connectivity index (χ2n) is 5.96. The Kier molecular flexibility index (Phi) is 6.12. The summed E-state index contributed by atoms with van der Waals surface area (Å²) in [6.45, 7) is 5.16. The molecule has 26 heavy (non-hydrogen) atoms. The number of hydrogen-bond acceptors (Lipinski definition) is 2. The molecule has 0 aliphatic rings. The summed E-state index contributed by atoms with van der Waals surface area (Å²) in [7, 11) is 0. The zero-order chi connectivity index (χ0) is 18.5. The number of imidazole rings is 1. The first-order valence-corrected chi connectivity index (χ1v) is 9.53. The van der Waals surface area contributed by atoms with Crippen molar-refractivity contribution in [3.8, 4) is 0 Å². The van der Waals surface area contributed by atoms with E-state index in [0.717, 1.165) is 34.2 Å². The number of rotatable bonds is 7. The molecule has 3 aromatic rings. The van der Waals surface area contributed by atoms with E-state index in [-0.39, 0.29) is 5.91 Å². The van der Waals surface area contributed by atoms with Crippen LogP contribution in [0.25, 0.3) is 11.0 Å². The molecular weight excluding hydrogens is 414 g/mol. The monoisotopic (exact) mass is 431 g/mol. The largest absolute Gasteiger partial charge is 0.352 e. The lowest BCUT2D eigenvalue weighted by Gasteiger charge is -2.09. The van der Waals surface area contributed by atoms with Crippen LogP contribution in [0.1, 0.15) is 22.6 Å². The average molecular weight is 433 g/mol. The number of halogens is 2. The Bertz CT molecular complexity index is 951. The number of para-hydroxylation sites is 2. The SMILES string of the molecule is C=C(Br)Cn1c(CCCNC(=O)c2ccccc2Cl)nc2ccccc21. The van der Waals surface area contributed by atoms with Crippen molar-refractivity contribution in [3.63, 3.8) is 0 Å². The first-order chi connectivity index (χ1) is 12.6. The fourth-order valence-corrected chi connectivity index (χ4v) is 3.33. The molecule has 0 saturated carbocycles. The zero-order valence-corrected chi connectivity index (χ0v) is 16.6. The van der Waals surface area contributed by atoms with Gasteiger partial charge in [0.15, 0.2) is 0 Å². The van der Waals surface area contributed by atoms with Gasteiger partial charge in [-0.25, -0.2) is 4.98 Å². The molecule has 1 heterocycles. The summed E-state index contributed by atoms with van der Waals surface area (Å²) in [6.07, 6.45) is 1.55. The van der Waals surface area contributed by atoms with Gasteiger partial charge >= 0.3 is 0 Å². The van der Waals surface area contributed by atoms with E-state index in [1.807, 2.05) is 18.2 Å². The van der Waals surface area contributed by atoms with E-state index in [4.69, 9.17) is 16.6 Å². The Balaban J connectivity index is 1.64. The zero-order valence-electron chi connectivity index (χ0n) is 14.2. The maximum atomic E-state index is 12.2. The van der Waals surface area contributed by atoms with Gasteiger partial charge < -0.3 is 9.88 Å². The second-order valence-corrected chi connectivity index (χ2v) is 7.49. The summed E-state index contributed by atoms with van der Waals surface area (Å²) in [5, 5.41) is 3.38. The molecule has 0 spiro atoms. The molecule has 1 amide bonds. The number of nitrogens with zero attached hydrogens (tertiary/aromatic N) is 2. The second kappa shape index (κ2) is 8.52. The third-order valence-electron chi connectivity index (χ3n) is 4.04. The number of allylic oxidation sites excluding steroid dienone is 1. The highest BCUT2D eigenvalue weighted by Gasteiger charge is 2.12. The molecule has 0 bridgehead atoms. The van der Waals surface area contributed by atoms with Crippen LogP contribution in [0.3, 0.4) is 0 Å². The number of aryl methyl sites for hydroxylation is 1. The third kappa shape index (κ3) is 4.34. The number of amides is 1. The molecule has 2 aromatic carbocycles. The van der Waals surface area contributed by atoms with Gasteiger partial charge in [-0.1, -0.05) is 58.4 Å². The molecule has 0 atom stereocenters. The summed E-state index contributed by atoms with van der Waals surface area (Å²) in [5.41, 5.74) is 2.55. The first kappa shape index (κ1) is 18.7. The Morgan fingerprint density at radius 2 is 1.92 bits per heavy atom. The van der Waals surface area contributed by atoms with Crippen LogP contribution in [0.15, 0.2) is 59.6 Å². The Labute approximate surface area is 166 Å². The molecule has 6 heteroatoms. The fourth-order valence-electron chi connectivity index (χ4n) is 2.85. The maximum absolute atomic E-state index is 12.2. The van der Waals surface area contributed by atoms with Crippen molar-refractivity contribution < 1.29 is 4.79 Å². The predicted octanol–water partition coefficient (Wildman–Crippen LogP) is 4.96. The molecule has 0 aliphatic heterocycles. The molecule has 0 radical (unpaired) electrons. The van der Waals surface area contributed by atoms with Gasteiger partial charge in [0.2, 0.25) is 0 Å². The molecule has 1 aromatic heterocycles. The number of nitrogens with one attached hydrogen (secondary N) is 1. The number of fused-ring (bicyclic) bond motifs is 1. The number of hydrogen-bond donors (Lipinski definition) is 1. The topological polar surface area (TPSA) is 46.9 Å². The van der Waals surface area contributed by atoms with E-state index < -0.39 is 0 Å². The van der Waals surface area contributed by atoms with Crippen LogP contribution < -0.4 is 5.32 Å². The molecule has 134 valence electrons. The normalized spacial score (nSPS) is 10.8. The highest BCUT2D eigenvalue weighted by molar-refractivity contribution is 9.11. The average Bonchev–Trinajstić information content (AvgIpc) is 2.96. The van der Waals surface area contributed by atoms with Crippen molar-refractivity contribution >= 4 is 44.5 Å². The Morgan fingerprint density at radius 1 is 1.19 bits per heavy atom. The molecule has 0 unspecified atom stereocenters. The van der Waals surface area contributed by atoms with Gasteiger partial charge in [0, 0.05) is 17.4 Å². The third-order valence-corrected chi connectivity index (χ3v) is 4.62. The number of carbonyl (C=O) groups is 1. The van der Waals surface area contributed by atoms with E-state index in [1.54, 1.807) is 24.3 Å². The smallest absolute Gasteiger partial charge is 0.252 e. The van der Waals surface area contributed by atoms with Crippen LogP contribution in [-0.2, 0) is 13.0 Å². The van der Waals surface area contributed by atoms with E-state index in [0.29, 0.717) is 23.7 Å². The quantitative estimate of drug-likeness (QED) is 0.536. The molecule has 0 saturated heterocycles. The van der Waals surface area contributed by atoms with Crippen LogP contribution in [-0.4, -0.2) is 22.0 Å². The van der Waals surface area contributed by atoms with Crippen LogP contribution in [0.5, 0.6) is 0 Å². The molecule has 0 fully saturated rings. The summed E-state index contributed by atoms with van der Waals surface area (Å²) < 4.78 is 3.05. The van der Waals surface area contributed by atoms with Gasteiger partial charge in [-0.05, 0) is 30.7 Å². The van der Waals surface area contributed by atoms with Gasteiger partial charge in [0.1, 0.15) is 5.82 Å². The minimum atomic E-state index is -0.155. The molecule has 1 N–H and O–H groups in total. The van der Waals surface area contributed by atoms with Crippen molar-refractivity contribution in [1.82, 2.24) is 14.9 Å². The molecule has 0 aliphatic carbocycles. The lowest BCUT2D eigenvalue weighted by atomic mass is 10.2. The van der Waals surface area contributed by atoms with Crippen molar-refractivity contribution in [1.29, 1.82) is 0 Å². The highest BCUT2D eigenvalue weighted by Crippen LogP contribution is 2.20. The Hall–Kier alpha value is -2.11. The fraction of sp³-hybridized carbons (Fsp3) is 0.200. The Morgan fingerprint density at radius 3 is 2.69 bits per heavy atom. The van der Waals surface area contributed by atoms with Crippen LogP contribution >= 0.6 is 27.5 Å². The lowest BCUT2D eigenvalue weighted by molar-refractivity contribution is 0.0953. The lowest BCUT2D eigenvalue weighted by Crippen LogP contribution is -2.25. The summed E-state index contributed by atoms with van der Waals surface area (Å²) in [4.78, 5) is 16.9. The molecule has 3 rings (SSSR count).